The molecule has 0 atom stereocenters. The highest BCUT2D eigenvalue weighted by Gasteiger charge is 2.40. The number of nitroso groups, excluding NO2 is 1. The van der Waals surface area contributed by atoms with Gasteiger partial charge in [-0.15, -0.1) is 4.91 Å². The predicted octanol–water partition coefficient (Wildman–Crippen LogP) is 4.48. The second-order valence-corrected chi connectivity index (χ2v) is 6.16. The van der Waals surface area contributed by atoms with E-state index in [0.717, 1.165) is 17.8 Å². The Hall–Kier alpha value is -3.89. The van der Waals surface area contributed by atoms with Crippen LogP contribution in [0.5, 0.6) is 0 Å². The fourth-order valence-corrected chi connectivity index (χ4v) is 2.73. The van der Waals surface area contributed by atoms with Crippen molar-refractivity contribution in [1.29, 1.82) is 0 Å². The summed E-state index contributed by atoms with van der Waals surface area (Å²) in [5.74, 6) is -5.09. The highest BCUT2D eigenvalue weighted by atomic mass is 19.3. The first-order valence-corrected chi connectivity index (χ1v) is 8.32. The van der Waals surface area contributed by atoms with Crippen molar-refractivity contribution < 1.29 is 13.2 Å². The van der Waals surface area contributed by atoms with Crippen LogP contribution < -0.4 is 5.32 Å². The van der Waals surface area contributed by atoms with Gasteiger partial charge in [0.2, 0.25) is 5.82 Å². The predicted molar refractivity (Wildman–Crippen MR) is 98.8 cm³/mol. The molecule has 11 heteroatoms. The Morgan fingerprint density at radius 2 is 2.00 bits per heavy atom. The lowest BCUT2D eigenvalue weighted by Crippen LogP contribution is -2.21. The number of fused-ring (bicyclic) bond motifs is 1. The smallest absolute Gasteiger partial charge is 0.323 e. The van der Waals surface area contributed by atoms with Gasteiger partial charge in [-0.25, -0.2) is 14.4 Å². The van der Waals surface area contributed by atoms with Crippen molar-refractivity contribution in [1.82, 2.24) is 25.1 Å². The molecule has 4 rings (SSSR count). The highest BCUT2D eigenvalue weighted by Crippen LogP contribution is 2.37. The number of benzene rings is 1. The van der Waals surface area contributed by atoms with Gasteiger partial charge in [-0.3, -0.25) is 10.1 Å². The third kappa shape index (κ3) is 3.37. The number of para-hydroxylation sites is 1. The molecule has 0 unspecified atom stereocenters. The van der Waals surface area contributed by atoms with Crippen molar-refractivity contribution >= 4 is 28.2 Å². The Bertz CT molecular complexity index is 1210. The first kappa shape index (κ1) is 18.5. The average Bonchev–Trinajstić information content (AvgIpc) is 3.12. The number of aromatic amines is 1. The number of anilines is 2. The Kier molecular flexibility index (Phi) is 4.41. The summed E-state index contributed by atoms with van der Waals surface area (Å²) >= 11 is 0. The van der Waals surface area contributed by atoms with Gasteiger partial charge in [0, 0.05) is 17.1 Å². The van der Waals surface area contributed by atoms with E-state index in [2.05, 4.69) is 35.6 Å². The fourth-order valence-electron chi connectivity index (χ4n) is 2.73. The van der Waals surface area contributed by atoms with Crippen LogP contribution in [0.4, 0.5) is 30.5 Å². The Morgan fingerprint density at radius 1 is 1.17 bits per heavy atom. The van der Waals surface area contributed by atoms with Crippen LogP contribution in [0.15, 0.2) is 47.8 Å². The molecule has 0 fully saturated rings. The molecule has 8 nitrogen and oxygen atoms in total. The molecule has 0 aliphatic carbocycles. The van der Waals surface area contributed by atoms with Gasteiger partial charge in [0.1, 0.15) is 28.5 Å². The lowest BCUT2D eigenvalue weighted by molar-refractivity contribution is 0.0285. The van der Waals surface area contributed by atoms with Gasteiger partial charge in [-0.1, -0.05) is 6.07 Å². The van der Waals surface area contributed by atoms with Crippen molar-refractivity contribution in [2.24, 2.45) is 5.18 Å². The zero-order valence-electron chi connectivity index (χ0n) is 14.8. The first-order chi connectivity index (χ1) is 13.9. The quantitative estimate of drug-likeness (QED) is 0.479. The van der Waals surface area contributed by atoms with Gasteiger partial charge in [-0.05, 0) is 36.4 Å². The molecule has 4 aromatic rings. The summed E-state index contributed by atoms with van der Waals surface area (Å²) in [5.41, 5.74) is -0.196. The molecule has 0 bridgehead atoms. The van der Waals surface area contributed by atoms with E-state index in [-0.39, 0.29) is 17.0 Å². The Labute approximate surface area is 161 Å². The number of nitrogens with one attached hydrogen (secondary N) is 2. The van der Waals surface area contributed by atoms with E-state index < -0.39 is 23.3 Å². The van der Waals surface area contributed by atoms with Crippen LogP contribution in [0.25, 0.3) is 10.9 Å². The number of aryl methyl sites for hydroxylation is 1. The number of nitrogens with zero attached hydrogens (tertiary/aromatic N) is 5. The molecule has 0 aliphatic heterocycles. The standard InChI is InChI=1S/C18H12F3N7O/c1-9-7-14(27-26-9)23-16-11-3-2-4-12(28-29)15(11)24-17(25-16)18(20,21)13-6-5-10(19)8-22-13/h2-8H,1H3,(H2,23,24,25,26,27). The molecule has 0 aliphatic rings. The molecular weight excluding hydrogens is 387 g/mol. The highest BCUT2D eigenvalue weighted by molar-refractivity contribution is 5.97. The lowest BCUT2D eigenvalue weighted by atomic mass is 10.1. The summed E-state index contributed by atoms with van der Waals surface area (Å²) < 4.78 is 43.2. The molecule has 146 valence electrons. The summed E-state index contributed by atoms with van der Waals surface area (Å²) in [6, 6.07) is 7.79. The SMILES string of the molecule is Cc1cc(Nc2nc(C(F)(F)c3ccc(F)cn3)nc3c(N=O)cccc23)n[nH]1. The summed E-state index contributed by atoms with van der Waals surface area (Å²) in [6.07, 6.45) is 0.675. The van der Waals surface area contributed by atoms with Crippen LogP contribution in [-0.2, 0) is 5.92 Å². The minimum absolute atomic E-state index is 0.00351. The Morgan fingerprint density at radius 3 is 2.66 bits per heavy atom. The van der Waals surface area contributed by atoms with Gasteiger partial charge < -0.3 is 5.32 Å². The van der Waals surface area contributed by atoms with Crippen LogP contribution >= 0.6 is 0 Å². The fraction of sp³-hybridized carbons (Fsp3) is 0.111. The van der Waals surface area contributed by atoms with Crippen molar-refractivity contribution in [3.8, 4) is 0 Å². The second kappa shape index (κ2) is 6.93. The van der Waals surface area contributed by atoms with Crippen molar-refractivity contribution in [3.05, 3.63) is 70.5 Å². The monoisotopic (exact) mass is 399 g/mol. The number of hydrogen-bond acceptors (Lipinski definition) is 7. The first-order valence-electron chi connectivity index (χ1n) is 8.32. The van der Waals surface area contributed by atoms with E-state index in [9.17, 15) is 9.30 Å². The molecule has 0 saturated carbocycles. The maximum atomic E-state index is 15.0. The molecule has 0 saturated heterocycles. The number of halogens is 3. The summed E-state index contributed by atoms with van der Waals surface area (Å²) in [5, 5.41) is 12.7. The van der Waals surface area contributed by atoms with E-state index >= 15 is 8.78 Å². The van der Waals surface area contributed by atoms with Crippen LogP contribution in [0.2, 0.25) is 0 Å². The molecule has 3 aromatic heterocycles. The average molecular weight is 399 g/mol. The summed E-state index contributed by atoms with van der Waals surface area (Å²) in [4.78, 5) is 22.4. The van der Waals surface area contributed by atoms with E-state index in [1.807, 2.05) is 0 Å². The zero-order chi connectivity index (χ0) is 20.6. The maximum absolute atomic E-state index is 15.0. The molecule has 0 radical (unpaired) electrons. The second-order valence-electron chi connectivity index (χ2n) is 6.16. The topological polar surface area (TPSA) is 109 Å². The van der Waals surface area contributed by atoms with Crippen molar-refractivity contribution in [3.63, 3.8) is 0 Å². The summed E-state index contributed by atoms with van der Waals surface area (Å²) in [7, 11) is 0. The summed E-state index contributed by atoms with van der Waals surface area (Å²) in [6.45, 7) is 1.77. The van der Waals surface area contributed by atoms with E-state index in [0.29, 0.717) is 17.4 Å². The largest absolute Gasteiger partial charge is 0.348 e. The number of hydrogen-bond donors (Lipinski definition) is 2. The molecule has 2 N–H and O–H groups in total. The van der Waals surface area contributed by atoms with Crippen LogP contribution in [0.1, 0.15) is 17.2 Å². The minimum Gasteiger partial charge on any atom is -0.323 e. The van der Waals surface area contributed by atoms with Gasteiger partial charge in [0.15, 0.2) is 5.82 Å². The molecular formula is C18H12F3N7O. The molecule has 0 amide bonds. The van der Waals surface area contributed by atoms with Crippen molar-refractivity contribution in [2.45, 2.75) is 12.8 Å². The zero-order valence-corrected chi connectivity index (χ0v) is 14.8. The normalized spacial score (nSPS) is 11.6. The molecule has 1 aromatic carbocycles. The van der Waals surface area contributed by atoms with Crippen LogP contribution in [0, 0.1) is 17.6 Å². The third-order valence-electron chi connectivity index (χ3n) is 4.09. The number of rotatable bonds is 5. The maximum Gasteiger partial charge on any atom is 0.348 e. The van der Waals surface area contributed by atoms with E-state index in [1.165, 1.54) is 12.1 Å². The van der Waals surface area contributed by atoms with Crippen LogP contribution in [0.3, 0.4) is 0 Å². The van der Waals surface area contributed by atoms with Crippen LogP contribution in [-0.4, -0.2) is 25.1 Å². The molecule has 0 spiro atoms. The number of H-pyrrole nitrogens is 1. The number of pyridine rings is 1. The van der Waals surface area contributed by atoms with E-state index in [1.54, 1.807) is 19.1 Å². The Balaban J connectivity index is 1.92. The number of aromatic nitrogens is 5. The lowest BCUT2D eigenvalue weighted by Gasteiger charge is -2.17. The molecule has 29 heavy (non-hydrogen) atoms. The van der Waals surface area contributed by atoms with E-state index in [4.69, 9.17) is 0 Å². The minimum atomic E-state index is -3.75. The molecule has 3 heterocycles. The van der Waals surface area contributed by atoms with Gasteiger partial charge in [0.25, 0.3) is 0 Å². The van der Waals surface area contributed by atoms with Gasteiger partial charge >= 0.3 is 5.92 Å². The number of alkyl halides is 2. The van der Waals surface area contributed by atoms with Gasteiger partial charge in [0.05, 0.1) is 6.20 Å². The van der Waals surface area contributed by atoms with Crippen molar-refractivity contribution in [2.75, 3.05) is 5.32 Å². The van der Waals surface area contributed by atoms with Gasteiger partial charge in [-0.2, -0.15) is 13.9 Å². The third-order valence-corrected chi connectivity index (χ3v) is 4.09.